The molecule has 1 aromatic heterocycles. The zero-order valence-electron chi connectivity index (χ0n) is 10.0. The molecule has 0 aliphatic carbocycles. The molecular weight excluding hydrogens is 272 g/mol. The molecule has 0 saturated heterocycles. The van der Waals surface area contributed by atoms with Gasteiger partial charge in [-0.15, -0.1) is 11.3 Å². The Morgan fingerprint density at radius 1 is 1.42 bits per heavy atom. The van der Waals surface area contributed by atoms with Crippen LogP contribution in [-0.2, 0) is 6.54 Å². The maximum atomic E-state index is 13.6. The molecule has 2 rings (SSSR count). The number of thiazole rings is 1. The van der Waals surface area contributed by atoms with Crippen LogP contribution in [0.2, 0.25) is 0 Å². The number of carbonyl (C=O) groups is 1. The van der Waals surface area contributed by atoms with Gasteiger partial charge in [0.05, 0.1) is 5.69 Å². The highest BCUT2D eigenvalue weighted by Gasteiger charge is 2.14. The fourth-order valence-electron chi connectivity index (χ4n) is 1.44. The summed E-state index contributed by atoms with van der Waals surface area (Å²) in [4.78, 5) is 15.8. The lowest BCUT2D eigenvalue weighted by molar-refractivity contribution is 0.102. The van der Waals surface area contributed by atoms with Crippen LogP contribution in [-0.4, -0.2) is 10.9 Å². The van der Waals surface area contributed by atoms with Gasteiger partial charge in [0, 0.05) is 18.0 Å². The molecule has 1 aromatic carbocycles. The first kappa shape index (κ1) is 13.6. The zero-order chi connectivity index (χ0) is 14.0. The standard InChI is InChI=1S/C12H11F2N3OS/c1-6-2-8(14)9(3-7(6)13)17-12(18)10-5-19-11(4-15)16-10/h2-3,5H,4,15H2,1H3,(H,17,18). The van der Waals surface area contributed by atoms with Crippen LogP contribution in [0.15, 0.2) is 17.5 Å². The van der Waals surface area contributed by atoms with Crippen molar-refractivity contribution in [1.82, 2.24) is 4.98 Å². The lowest BCUT2D eigenvalue weighted by atomic mass is 10.2. The number of nitrogens with one attached hydrogen (secondary N) is 1. The Morgan fingerprint density at radius 2 is 2.16 bits per heavy atom. The van der Waals surface area contributed by atoms with E-state index in [1.54, 1.807) is 0 Å². The normalized spacial score (nSPS) is 10.5. The Labute approximate surface area is 112 Å². The third-order valence-electron chi connectivity index (χ3n) is 2.46. The van der Waals surface area contributed by atoms with E-state index in [2.05, 4.69) is 10.3 Å². The molecule has 0 atom stereocenters. The number of hydrogen-bond acceptors (Lipinski definition) is 4. The van der Waals surface area contributed by atoms with Crippen molar-refractivity contribution in [1.29, 1.82) is 0 Å². The van der Waals surface area contributed by atoms with Gasteiger partial charge in [0.2, 0.25) is 0 Å². The van der Waals surface area contributed by atoms with E-state index >= 15 is 0 Å². The maximum absolute atomic E-state index is 13.6. The highest BCUT2D eigenvalue weighted by molar-refractivity contribution is 7.09. The van der Waals surface area contributed by atoms with Crippen LogP contribution in [0.4, 0.5) is 14.5 Å². The number of hydrogen-bond donors (Lipinski definition) is 2. The van der Waals surface area contributed by atoms with Crippen LogP contribution in [0.3, 0.4) is 0 Å². The van der Waals surface area contributed by atoms with Gasteiger partial charge in [-0.05, 0) is 18.6 Å². The molecule has 0 unspecified atom stereocenters. The van der Waals surface area contributed by atoms with Crippen LogP contribution in [0.1, 0.15) is 21.1 Å². The summed E-state index contributed by atoms with van der Waals surface area (Å²) in [6.07, 6.45) is 0. The fourth-order valence-corrected chi connectivity index (χ4v) is 2.09. The number of benzene rings is 1. The minimum Gasteiger partial charge on any atom is -0.325 e. The molecule has 4 nitrogen and oxygen atoms in total. The Bertz CT molecular complexity index is 627. The van der Waals surface area contributed by atoms with E-state index in [1.165, 1.54) is 23.6 Å². The number of rotatable bonds is 3. The maximum Gasteiger partial charge on any atom is 0.275 e. The van der Waals surface area contributed by atoms with Crippen LogP contribution >= 0.6 is 11.3 Å². The number of aryl methyl sites for hydroxylation is 1. The molecule has 19 heavy (non-hydrogen) atoms. The van der Waals surface area contributed by atoms with Crippen molar-refractivity contribution in [2.45, 2.75) is 13.5 Å². The van der Waals surface area contributed by atoms with Gasteiger partial charge in [-0.25, -0.2) is 13.8 Å². The van der Waals surface area contributed by atoms with E-state index in [9.17, 15) is 13.6 Å². The van der Waals surface area contributed by atoms with Crippen molar-refractivity contribution in [2.75, 3.05) is 5.32 Å². The number of nitrogens with zero attached hydrogens (tertiary/aromatic N) is 1. The van der Waals surface area contributed by atoms with Gasteiger partial charge in [-0.2, -0.15) is 0 Å². The van der Waals surface area contributed by atoms with Crippen molar-refractivity contribution in [3.8, 4) is 0 Å². The first-order valence-electron chi connectivity index (χ1n) is 5.42. The lowest BCUT2D eigenvalue weighted by Crippen LogP contribution is -2.14. The second-order valence-corrected chi connectivity index (χ2v) is 4.81. The Hall–Kier alpha value is -1.86. The third kappa shape index (κ3) is 2.94. The molecule has 0 fully saturated rings. The zero-order valence-corrected chi connectivity index (χ0v) is 10.9. The van der Waals surface area contributed by atoms with E-state index in [-0.39, 0.29) is 23.5 Å². The number of aromatic nitrogens is 1. The largest absolute Gasteiger partial charge is 0.325 e. The molecule has 0 saturated carbocycles. The summed E-state index contributed by atoms with van der Waals surface area (Å²) < 4.78 is 26.9. The Balaban J connectivity index is 2.21. The van der Waals surface area contributed by atoms with Crippen molar-refractivity contribution in [3.05, 3.63) is 45.4 Å². The third-order valence-corrected chi connectivity index (χ3v) is 3.33. The molecule has 100 valence electrons. The van der Waals surface area contributed by atoms with E-state index in [4.69, 9.17) is 5.73 Å². The fraction of sp³-hybridized carbons (Fsp3) is 0.167. The van der Waals surface area contributed by atoms with Gasteiger partial charge in [-0.1, -0.05) is 0 Å². The number of amides is 1. The minimum absolute atomic E-state index is 0.130. The Morgan fingerprint density at radius 3 is 2.79 bits per heavy atom. The number of nitrogens with two attached hydrogens (primary N) is 1. The van der Waals surface area contributed by atoms with E-state index in [0.717, 1.165) is 12.1 Å². The smallest absolute Gasteiger partial charge is 0.275 e. The highest BCUT2D eigenvalue weighted by atomic mass is 32.1. The summed E-state index contributed by atoms with van der Waals surface area (Å²) in [6.45, 7) is 1.67. The van der Waals surface area contributed by atoms with Crippen molar-refractivity contribution in [2.24, 2.45) is 5.73 Å². The molecule has 0 radical (unpaired) electrons. The summed E-state index contributed by atoms with van der Waals surface area (Å²) in [7, 11) is 0. The van der Waals surface area contributed by atoms with E-state index in [1.807, 2.05) is 0 Å². The van der Waals surface area contributed by atoms with Crippen LogP contribution in [0.5, 0.6) is 0 Å². The van der Waals surface area contributed by atoms with Gasteiger partial charge in [0.1, 0.15) is 22.3 Å². The SMILES string of the molecule is Cc1cc(F)c(NC(=O)c2csc(CN)n2)cc1F. The lowest BCUT2D eigenvalue weighted by Gasteiger charge is -2.06. The number of anilines is 1. The summed E-state index contributed by atoms with van der Waals surface area (Å²) in [5.74, 6) is -1.88. The Kier molecular flexibility index (Phi) is 3.87. The topological polar surface area (TPSA) is 68.0 Å². The highest BCUT2D eigenvalue weighted by Crippen LogP contribution is 2.20. The average molecular weight is 283 g/mol. The average Bonchev–Trinajstić information content (AvgIpc) is 2.84. The van der Waals surface area contributed by atoms with Crippen LogP contribution in [0, 0.1) is 18.6 Å². The molecule has 7 heteroatoms. The van der Waals surface area contributed by atoms with Crippen molar-refractivity contribution >= 4 is 22.9 Å². The van der Waals surface area contributed by atoms with E-state index in [0.29, 0.717) is 5.01 Å². The van der Waals surface area contributed by atoms with Crippen molar-refractivity contribution < 1.29 is 13.6 Å². The first-order chi connectivity index (χ1) is 9.01. The predicted molar refractivity (Wildman–Crippen MR) is 69.1 cm³/mol. The number of carbonyl (C=O) groups excluding carboxylic acids is 1. The minimum atomic E-state index is -0.693. The molecule has 1 heterocycles. The second kappa shape index (κ2) is 5.41. The van der Waals surface area contributed by atoms with Gasteiger partial charge < -0.3 is 11.1 Å². The summed E-state index contributed by atoms with van der Waals surface area (Å²) in [5.41, 5.74) is 5.48. The summed E-state index contributed by atoms with van der Waals surface area (Å²) >= 11 is 1.23. The monoisotopic (exact) mass is 283 g/mol. The van der Waals surface area contributed by atoms with Crippen molar-refractivity contribution in [3.63, 3.8) is 0 Å². The molecular formula is C12H11F2N3OS. The molecule has 0 spiro atoms. The van der Waals surface area contributed by atoms with Gasteiger partial charge in [0.25, 0.3) is 5.91 Å². The number of halogens is 2. The molecule has 0 aliphatic heterocycles. The van der Waals surface area contributed by atoms with Gasteiger partial charge >= 0.3 is 0 Å². The van der Waals surface area contributed by atoms with Gasteiger partial charge in [-0.3, -0.25) is 4.79 Å². The van der Waals surface area contributed by atoms with Gasteiger partial charge in [0.15, 0.2) is 0 Å². The van der Waals surface area contributed by atoms with Crippen LogP contribution in [0.25, 0.3) is 0 Å². The summed E-state index contributed by atoms with van der Waals surface area (Å²) in [6, 6.07) is 1.97. The molecule has 0 aliphatic rings. The predicted octanol–water partition coefficient (Wildman–Crippen LogP) is 2.44. The first-order valence-corrected chi connectivity index (χ1v) is 6.30. The molecule has 0 bridgehead atoms. The molecule has 2 aromatic rings. The van der Waals surface area contributed by atoms with Crippen LogP contribution < -0.4 is 11.1 Å². The second-order valence-electron chi connectivity index (χ2n) is 3.87. The van der Waals surface area contributed by atoms with E-state index < -0.39 is 17.5 Å². The molecule has 1 amide bonds. The quantitative estimate of drug-likeness (QED) is 0.909. The molecule has 3 N–H and O–H groups in total. The summed E-state index contributed by atoms with van der Waals surface area (Å²) in [5, 5.41) is 4.39.